The molecule has 256 valence electrons. The normalized spacial score (nSPS) is 12.4. The van der Waals surface area contributed by atoms with Crippen LogP contribution in [0.3, 0.4) is 0 Å². The third kappa shape index (κ3) is 6.25. The summed E-state index contributed by atoms with van der Waals surface area (Å²) >= 11 is 0. The molecule has 0 bridgehead atoms. The van der Waals surface area contributed by atoms with Crippen molar-refractivity contribution in [3.8, 4) is 11.3 Å². The molecule has 0 aliphatic carbocycles. The zero-order valence-electron chi connectivity index (χ0n) is 29.1. The fourth-order valence-corrected chi connectivity index (χ4v) is 7.33. The van der Waals surface area contributed by atoms with Crippen LogP contribution in [0.1, 0.15) is 38.9 Å². The first-order chi connectivity index (χ1) is 25.5. The topological polar surface area (TPSA) is 91.7 Å². The number of carbonyl (C=O) groups excluding carboxylic acids is 1. The number of amides is 1. The van der Waals surface area contributed by atoms with E-state index in [4.69, 9.17) is 9.97 Å². The molecule has 8 heteroatoms. The maximum Gasteiger partial charge on any atom is 0.289 e. The van der Waals surface area contributed by atoms with E-state index in [9.17, 15) is 4.79 Å². The number of nitrogens with one attached hydrogen (secondary N) is 2. The minimum absolute atomic E-state index is 0.149. The largest absolute Gasteiger partial charge is 0.341 e. The highest BCUT2D eigenvalue weighted by Crippen LogP contribution is 2.42. The molecule has 52 heavy (non-hydrogen) atoms. The van der Waals surface area contributed by atoms with Gasteiger partial charge in [-0.2, -0.15) is 0 Å². The standard InChI is InChI=1S/C44H39N7O/c1-50(2)29-39(31-15-7-3-8-16-31)48-43(52)42-46-37-27-36-40(28-38(37)47-42)51(49-41(36)32-23-25-45-26-24-32)30-44(33-17-9-4-10-18-33,34-19-11-5-12-20-34)35-21-13-6-14-22-35/h3-28,39,49H,29-30H2,1-2H3,(H,48,52). The first-order valence-electron chi connectivity index (χ1n) is 17.5. The molecule has 8 aromatic rings. The van der Waals surface area contributed by atoms with Gasteiger partial charge < -0.3 is 10.2 Å². The van der Waals surface area contributed by atoms with E-state index in [1.807, 2.05) is 62.6 Å². The predicted octanol–water partition coefficient (Wildman–Crippen LogP) is 8.04. The van der Waals surface area contributed by atoms with Crippen molar-refractivity contribution in [1.29, 1.82) is 0 Å². The number of rotatable bonds is 11. The molecule has 1 unspecified atom stereocenters. The number of hydrogen-bond acceptors (Lipinski definition) is 5. The lowest BCUT2D eigenvalue weighted by Gasteiger charge is -2.36. The number of imidazole rings is 1. The molecule has 2 N–H and O–H groups in total. The second kappa shape index (κ2) is 14.1. The zero-order chi connectivity index (χ0) is 35.5. The maximum absolute atomic E-state index is 13.8. The third-order valence-electron chi connectivity index (χ3n) is 9.77. The van der Waals surface area contributed by atoms with Gasteiger partial charge in [-0.25, -0.2) is 9.97 Å². The number of benzene rings is 5. The molecule has 0 saturated carbocycles. The van der Waals surface area contributed by atoms with Gasteiger partial charge in [0.25, 0.3) is 5.91 Å². The van der Waals surface area contributed by atoms with Crippen molar-refractivity contribution in [1.82, 2.24) is 34.9 Å². The van der Waals surface area contributed by atoms with E-state index in [2.05, 4.69) is 122 Å². The zero-order valence-corrected chi connectivity index (χ0v) is 29.1. The van der Waals surface area contributed by atoms with Crippen LogP contribution in [-0.2, 0) is 12.0 Å². The van der Waals surface area contributed by atoms with Gasteiger partial charge in [0.2, 0.25) is 5.82 Å². The fraction of sp³-hybridized carbons (Fsp3) is 0.136. The van der Waals surface area contributed by atoms with Crippen molar-refractivity contribution >= 4 is 27.8 Å². The van der Waals surface area contributed by atoms with E-state index in [0.29, 0.717) is 24.1 Å². The van der Waals surface area contributed by atoms with Crippen molar-refractivity contribution in [3.05, 3.63) is 186 Å². The minimum Gasteiger partial charge on any atom is -0.341 e. The maximum atomic E-state index is 13.8. The third-order valence-corrected chi connectivity index (χ3v) is 9.77. The number of aromatic amines is 1. The lowest BCUT2D eigenvalue weighted by Crippen LogP contribution is -2.35. The Labute approximate surface area is 302 Å². The molecule has 0 saturated heterocycles. The number of nitrogens with zero attached hydrogens (tertiary/aromatic N) is 5. The van der Waals surface area contributed by atoms with Gasteiger partial charge in [-0.3, -0.25) is 19.6 Å². The number of aromatic nitrogens is 5. The van der Waals surface area contributed by atoms with Gasteiger partial charge in [-0.15, -0.1) is 0 Å². The van der Waals surface area contributed by atoms with E-state index < -0.39 is 5.41 Å². The van der Waals surface area contributed by atoms with Crippen molar-refractivity contribution in [3.63, 3.8) is 0 Å². The average Bonchev–Trinajstić information content (AvgIpc) is 3.78. The highest BCUT2D eigenvalue weighted by atomic mass is 16.2. The fourth-order valence-electron chi connectivity index (χ4n) is 7.33. The van der Waals surface area contributed by atoms with E-state index in [1.165, 1.54) is 16.7 Å². The molecule has 8 nitrogen and oxygen atoms in total. The molecular formula is C44H39N7O. The minimum atomic E-state index is -0.557. The SMILES string of the molecule is CN(C)CC(NC(=O)c1nc2cc3c(-c4ccncc4)[nH]n(CC(c4ccccc4)(c4ccccc4)c4ccccc4)c3cc2n1)c1ccccc1. The van der Waals surface area contributed by atoms with Crippen LogP contribution in [0.4, 0.5) is 0 Å². The highest BCUT2D eigenvalue weighted by Gasteiger charge is 2.37. The quantitative estimate of drug-likeness (QED) is 0.135. The molecule has 3 heterocycles. The van der Waals surface area contributed by atoms with Gasteiger partial charge in [0.15, 0.2) is 0 Å². The highest BCUT2D eigenvalue weighted by molar-refractivity contribution is 6.03. The summed E-state index contributed by atoms with van der Waals surface area (Å²) in [5, 5.41) is 7.95. The van der Waals surface area contributed by atoms with Gasteiger partial charge in [-0.1, -0.05) is 121 Å². The molecule has 0 aliphatic heterocycles. The molecule has 0 aliphatic rings. The summed E-state index contributed by atoms with van der Waals surface area (Å²) in [7, 11) is 3.99. The summed E-state index contributed by atoms with van der Waals surface area (Å²) in [4.78, 5) is 29.7. The van der Waals surface area contributed by atoms with E-state index in [1.54, 1.807) is 12.4 Å². The number of H-pyrrole nitrogens is 1. The number of hydrogen-bond donors (Lipinski definition) is 2. The smallest absolute Gasteiger partial charge is 0.289 e. The lowest BCUT2D eigenvalue weighted by atomic mass is 9.69. The number of likely N-dealkylation sites (N-methyl/N-ethyl adjacent to an activating group) is 1. The Morgan fingerprint density at radius 3 is 1.79 bits per heavy atom. The summed E-state index contributed by atoms with van der Waals surface area (Å²) in [5.74, 6) is -0.160. The van der Waals surface area contributed by atoms with Crippen LogP contribution >= 0.6 is 0 Å². The second-order valence-corrected chi connectivity index (χ2v) is 13.4. The Balaban J connectivity index is 1.28. The molecular weight excluding hydrogens is 643 g/mol. The van der Waals surface area contributed by atoms with Gasteiger partial charge >= 0.3 is 0 Å². The summed E-state index contributed by atoms with van der Waals surface area (Å²) in [6.07, 6.45) is 3.60. The van der Waals surface area contributed by atoms with E-state index in [0.717, 1.165) is 27.7 Å². The van der Waals surface area contributed by atoms with E-state index >= 15 is 0 Å². The van der Waals surface area contributed by atoms with Crippen LogP contribution in [-0.4, -0.2) is 56.2 Å². The Morgan fingerprint density at radius 2 is 1.25 bits per heavy atom. The summed E-state index contributed by atoms with van der Waals surface area (Å²) in [6, 6.07) is 49.9. The Morgan fingerprint density at radius 1 is 0.731 bits per heavy atom. The van der Waals surface area contributed by atoms with E-state index in [-0.39, 0.29) is 17.8 Å². The average molecular weight is 682 g/mol. The van der Waals surface area contributed by atoms with Gasteiger partial charge in [0.05, 0.1) is 40.2 Å². The van der Waals surface area contributed by atoms with Crippen LogP contribution in [0, 0.1) is 0 Å². The van der Waals surface area contributed by atoms with Gasteiger partial charge in [-0.05, 0) is 60.6 Å². The van der Waals surface area contributed by atoms with Crippen molar-refractivity contribution in [2.75, 3.05) is 20.6 Å². The molecule has 0 radical (unpaired) electrons. The Bertz CT molecular complexity index is 2330. The summed E-state index contributed by atoms with van der Waals surface area (Å²) in [5.41, 5.74) is 8.18. The number of pyridine rings is 1. The van der Waals surface area contributed by atoms with Gasteiger partial charge in [0, 0.05) is 29.9 Å². The van der Waals surface area contributed by atoms with Crippen molar-refractivity contribution in [2.24, 2.45) is 0 Å². The van der Waals surface area contributed by atoms with Crippen LogP contribution in [0.2, 0.25) is 0 Å². The molecule has 1 atom stereocenters. The van der Waals surface area contributed by atoms with Crippen molar-refractivity contribution < 1.29 is 4.79 Å². The molecule has 0 spiro atoms. The summed E-state index contributed by atoms with van der Waals surface area (Å²) < 4.78 is 2.22. The molecule has 1 amide bonds. The molecule has 0 fully saturated rings. The Hall–Kier alpha value is -6.38. The molecule has 3 aromatic heterocycles. The summed E-state index contributed by atoms with van der Waals surface area (Å²) in [6.45, 7) is 1.20. The number of carbonyl (C=O) groups is 1. The first-order valence-corrected chi connectivity index (χ1v) is 17.5. The predicted molar refractivity (Wildman–Crippen MR) is 207 cm³/mol. The molecule has 5 aromatic carbocycles. The number of fused-ring (bicyclic) bond motifs is 2. The Kier molecular flexibility index (Phi) is 8.89. The molecule has 8 rings (SSSR count). The van der Waals surface area contributed by atoms with Crippen LogP contribution < -0.4 is 5.32 Å². The van der Waals surface area contributed by atoms with Crippen molar-refractivity contribution in [2.45, 2.75) is 18.0 Å². The second-order valence-electron chi connectivity index (χ2n) is 13.4. The lowest BCUT2D eigenvalue weighted by molar-refractivity contribution is 0.0920. The van der Waals surface area contributed by atoms with Crippen LogP contribution in [0.25, 0.3) is 33.2 Å². The first kappa shape index (κ1) is 32.8. The monoisotopic (exact) mass is 681 g/mol. The van der Waals surface area contributed by atoms with Crippen LogP contribution in [0.15, 0.2) is 158 Å². The van der Waals surface area contributed by atoms with Crippen LogP contribution in [0.5, 0.6) is 0 Å². The van der Waals surface area contributed by atoms with Gasteiger partial charge in [0.1, 0.15) is 0 Å².